The van der Waals surface area contributed by atoms with Crippen LogP contribution in [0.2, 0.25) is 0 Å². The van der Waals surface area contributed by atoms with Gasteiger partial charge in [-0.2, -0.15) is 0 Å². The van der Waals surface area contributed by atoms with Crippen LogP contribution in [0.4, 0.5) is 5.00 Å². The number of nitrogens with zero attached hydrogens (tertiary/aromatic N) is 1. The van der Waals surface area contributed by atoms with Crippen molar-refractivity contribution in [1.29, 1.82) is 0 Å². The van der Waals surface area contributed by atoms with E-state index in [0.717, 1.165) is 10.5 Å². The molecule has 192 valence electrons. The Bertz CT molecular complexity index is 1510. The smallest absolute Gasteiger partial charge is 0.266 e. The van der Waals surface area contributed by atoms with E-state index in [4.69, 9.17) is 18.9 Å². The van der Waals surface area contributed by atoms with Gasteiger partial charge in [-0.15, -0.1) is 11.3 Å². The maximum atomic E-state index is 14.0. The third-order valence-corrected chi connectivity index (χ3v) is 7.43. The minimum Gasteiger partial charge on any atom is -0.497 e. The number of fused-ring (bicyclic) bond motifs is 1. The monoisotopic (exact) mass is 529 g/mol. The molecule has 0 atom stereocenters. The molecule has 0 bridgehead atoms. The number of anilines is 1. The lowest BCUT2D eigenvalue weighted by atomic mass is 10.0. The first-order chi connectivity index (χ1) is 18.4. The topological polar surface area (TPSA) is 91.4 Å². The number of amides is 2. The summed E-state index contributed by atoms with van der Waals surface area (Å²) in [6, 6.07) is 18.7. The lowest BCUT2D eigenvalue weighted by Crippen LogP contribution is -2.29. The van der Waals surface area contributed by atoms with Crippen LogP contribution in [0.5, 0.6) is 23.0 Å². The molecule has 5 rings (SSSR count). The van der Waals surface area contributed by atoms with Crippen LogP contribution < -0.4 is 23.8 Å². The van der Waals surface area contributed by atoms with Gasteiger partial charge in [0, 0.05) is 10.4 Å². The van der Waals surface area contributed by atoms with Crippen molar-refractivity contribution in [2.75, 3.05) is 33.3 Å². The van der Waals surface area contributed by atoms with Crippen LogP contribution >= 0.6 is 11.3 Å². The number of carbonyl (C=O) groups is 3. The second-order valence-electron chi connectivity index (χ2n) is 8.29. The predicted octanol–water partition coefficient (Wildman–Crippen LogP) is 5.48. The summed E-state index contributed by atoms with van der Waals surface area (Å²) in [5.74, 6) is 0.273. The molecule has 0 radical (unpaired) electrons. The van der Waals surface area contributed by atoms with Gasteiger partial charge in [-0.05, 0) is 60.2 Å². The first-order valence-electron chi connectivity index (χ1n) is 11.5. The van der Waals surface area contributed by atoms with Crippen LogP contribution in [-0.4, -0.2) is 46.0 Å². The van der Waals surface area contributed by atoms with Crippen LogP contribution in [0.1, 0.15) is 36.6 Å². The Hall–Kier alpha value is -4.63. The summed E-state index contributed by atoms with van der Waals surface area (Å²) in [5.41, 5.74) is 1.84. The van der Waals surface area contributed by atoms with Gasteiger partial charge in [0.1, 0.15) is 10.8 Å². The maximum Gasteiger partial charge on any atom is 0.266 e. The number of methoxy groups -OCH3 is 4. The molecule has 0 saturated heterocycles. The summed E-state index contributed by atoms with van der Waals surface area (Å²) in [7, 11) is 5.97. The molecule has 0 fully saturated rings. The fourth-order valence-corrected chi connectivity index (χ4v) is 5.51. The summed E-state index contributed by atoms with van der Waals surface area (Å²) in [6.07, 6.45) is 0. The number of ether oxygens (including phenoxy) is 4. The van der Waals surface area contributed by atoms with E-state index in [-0.39, 0.29) is 16.1 Å². The standard InChI is InChI=1S/C29H23NO7S/c1-34-18-11-9-16(10-12-18)24-15-21(25(31)17-13-22(35-2)26(37-4)23(14-17)36-3)29(38-24)30-27(32)19-7-5-6-8-20(19)28(30)33/h5-15H,1-4H3. The zero-order chi connectivity index (χ0) is 27.0. The Labute approximate surface area is 222 Å². The van der Waals surface area contributed by atoms with Crippen LogP contribution in [0.3, 0.4) is 0 Å². The van der Waals surface area contributed by atoms with E-state index in [1.54, 1.807) is 61.7 Å². The van der Waals surface area contributed by atoms with Crippen LogP contribution in [0.15, 0.2) is 66.7 Å². The summed E-state index contributed by atoms with van der Waals surface area (Å²) in [6.45, 7) is 0. The highest BCUT2D eigenvalue weighted by molar-refractivity contribution is 7.20. The number of carbonyl (C=O) groups excluding carboxylic acids is 3. The van der Waals surface area contributed by atoms with Gasteiger partial charge in [0.05, 0.1) is 45.1 Å². The minimum atomic E-state index is -0.479. The molecule has 2 heterocycles. The first-order valence-corrected chi connectivity index (χ1v) is 12.3. The van der Waals surface area contributed by atoms with Crippen LogP contribution in [-0.2, 0) is 0 Å². The second kappa shape index (κ2) is 10.0. The van der Waals surface area contributed by atoms with Gasteiger partial charge in [-0.3, -0.25) is 14.4 Å². The Morgan fingerprint density at radius 2 is 1.32 bits per heavy atom. The highest BCUT2D eigenvalue weighted by atomic mass is 32.1. The van der Waals surface area contributed by atoms with E-state index in [0.29, 0.717) is 39.0 Å². The number of ketones is 1. The molecule has 0 unspecified atom stereocenters. The molecular weight excluding hydrogens is 506 g/mol. The number of benzene rings is 3. The van der Waals surface area contributed by atoms with Crippen molar-refractivity contribution in [3.63, 3.8) is 0 Å². The fraction of sp³-hybridized carbons (Fsp3) is 0.138. The van der Waals surface area contributed by atoms with E-state index < -0.39 is 17.6 Å². The number of thiophene rings is 1. The van der Waals surface area contributed by atoms with E-state index in [1.165, 1.54) is 32.7 Å². The first kappa shape index (κ1) is 25.0. The summed E-state index contributed by atoms with van der Waals surface area (Å²) in [4.78, 5) is 42.5. The zero-order valence-corrected chi connectivity index (χ0v) is 21.9. The van der Waals surface area contributed by atoms with E-state index in [2.05, 4.69) is 0 Å². The Morgan fingerprint density at radius 1 is 0.737 bits per heavy atom. The molecule has 4 aromatic rings. The van der Waals surface area contributed by atoms with Crippen molar-refractivity contribution >= 4 is 33.9 Å². The van der Waals surface area contributed by atoms with E-state index in [1.807, 2.05) is 12.1 Å². The SMILES string of the molecule is COc1ccc(-c2cc(C(=O)c3cc(OC)c(OC)c(OC)c3)c(N3C(=O)c4ccccc4C3=O)s2)cc1. The van der Waals surface area contributed by atoms with Crippen molar-refractivity contribution in [2.24, 2.45) is 0 Å². The highest BCUT2D eigenvalue weighted by Crippen LogP contribution is 2.44. The molecule has 1 aliphatic heterocycles. The molecule has 0 spiro atoms. The number of imide groups is 1. The molecule has 0 saturated carbocycles. The molecule has 0 aliphatic carbocycles. The Kier molecular flexibility index (Phi) is 6.61. The van der Waals surface area contributed by atoms with Crippen molar-refractivity contribution in [3.05, 3.63) is 89.0 Å². The quantitative estimate of drug-likeness (QED) is 0.220. The molecule has 0 N–H and O–H groups in total. The van der Waals surface area contributed by atoms with Gasteiger partial charge >= 0.3 is 0 Å². The largest absolute Gasteiger partial charge is 0.497 e. The number of hydrogen-bond acceptors (Lipinski definition) is 8. The Morgan fingerprint density at radius 3 is 1.82 bits per heavy atom. The second-order valence-corrected chi connectivity index (χ2v) is 9.32. The molecule has 3 aromatic carbocycles. The lowest BCUT2D eigenvalue weighted by molar-refractivity contribution is 0.0927. The van der Waals surface area contributed by atoms with E-state index >= 15 is 0 Å². The van der Waals surface area contributed by atoms with Gasteiger partial charge < -0.3 is 18.9 Å². The average Bonchev–Trinajstić information content (AvgIpc) is 3.50. The average molecular weight is 530 g/mol. The third-order valence-electron chi connectivity index (χ3n) is 6.26. The minimum absolute atomic E-state index is 0.199. The molecule has 1 aliphatic rings. The van der Waals surface area contributed by atoms with Gasteiger partial charge in [-0.1, -0.05) is 12.1 Å². The van der Waals surface area contributed by atoms with Gasteiger partial charge in [0.2, 0.25) is 5.75 Å². The van der Waals surface area contributed by atoms with Gasteiger partial charge in [0.15, 0.2) is 17.3 Å². The summed E-state index contributed by atoms with van der Waals surface area (Å²) in [5, 5.41) is 0.237. The molecule has 1 aromatic heterocycles. The lowest BCUT2D eigenvalue weighted by Gasteiger charge is -2.16. The number of rotatable bonds is 8. The van der Waals surface area contributed by atoms with Crippen LogP contribution in [0, 0.1) is 0 Å². The molecule has 2 amide bonds. The van der Waals surface area contributed by atoms with Crippen molar-refractivity contribution in [1.82, 2.24) is 0 Å². The molecular formula is C29H23NO7S. The third kappa shape index (κ3) is 4.06. The van der Waals surface area contributed by atoms with Gasteiger partial charge in [0.25, 0.3) is 11.8 Å². The molecule has 38 heavy (non-hydrogen) atoms. The van der Waals surface area contributed by atoms with Gasteiger partial charge in [-0.25, -0.2) is 4.90 Å². The predicted molar refractivity (Wildman–Crippen MR) is 143 cm³/mol. The maximum absolute atomic E-state index is 14.0. The number of hydrogen-bond donors (Lipinski definition) is 0. The zero-order valence-electron chi connectivity index (χ0n) is 21.1. The molecule has 8 nitrogen and oxygen atoms in total. The van der Waals surface area contributed by atoms with Crippen molar-refractivity contribution < 1.29 is 33.3 Å². The Balaban J connectivity index is 1.67. The summed E-state index contributed by atoms with van der Waals surface area (Å²) < 4.78 is 21.5. The fourth-order valence-electron chi connectivity index (χ4n) is 4.35. The molecule has 9 heteroatoms. The van der Waals surface area contributed by atoms with E-state index in [9.17, 15) is 14.4 Å². The van der Waals surface area contributed by atoms with Crippen molar-refractivity contribution in [3.8, 4) is 33.4 Å². The summed E-state index contributed by atoms with van der Waals surface area (Å²) >= 11 is 1.19. The normalized spacial score (nSPS) is 12.4. The van der Waals surface area contributed by atoms with Crippen molar-refractivity contribution in [2.45, 2.75) is 0 Å². The van der Waals surface area contributed by atoms with Crippen LogP contribution in [0.25, 0.3) is 10.4 Å². The highest BCUT2D eigenvalue weighted by Gasteiger charge is 2.39.